The third-order valence-electron chi connectivity index (χ3n) is 3.38. The maximum absolute atomic E-state index is 12.6. The summed E-state index contributed by atoms with van der Waals surface area (Å²) in [5.41, 5.74) is 0.637. The number of amides is 1. The molecule has 2 heterocycles. The fourth-order valence-electron chi connectivity index (χ4n) is 2.28. The van der Waals surface area contributed by atoms with Crippen LogP contribution in [0, 0.1) is 0 Å². The van der Waals surface area contributed by atoms with E-state index in [-0.39, 0.29) is 5.91 Å². The van der Waals surface area contributed by atoms with Crippen LogP contribution in [0.4, 0.5) is 0 Å². The lowest BCUT2D eigenvalue weighted by Gasteiger charge is -2.22. The molecule has 0 N–H and O–H groups in total. The average molecular weight is 303 g/mol. The minimum Gasteiger partial charge on any atom is -0.486 e. The van der Waals surface area contributed by atoms with Crippen LogP contribution in [0.3, 0.4) is 0 Å². The predicted octanol–water partition coefficient (Wildman–Crippen LogP) is 3.18. The molecule has 4 nitrogen and oxygen atoms in total. The van der Waals surface area contributed by atoms with Crippen molar-refractivity contribution >= 4 is 17.2 Å². The number of benzene rings is 1. The van der Waals surface area contributed by atoms with Gasteiger partial charge in [0.15, 0.2) is 11.5 Å². The Labute approximate surface area is 127 Å². The SMILES string of the molecule is CCN(Cc1cccs1)C(=O)c1ccc2c(c1)OCCO2. The van der Waals surface area contributed by atoms with E-state index in [9.17, 15) is 4.79 Å². The van der Waals surface area contributed by atoms with Gasteiger partial charge in [-0.15, -0.1) is 11.3 Å². The molecule has 0 saturated heterocycles. The van der Waals surface area contributed by atoms with Gasteiger partial charge in [0.2, 0.25) is 0 Å². The zero-order valence-electron chi connectivity index (χ0n) is 11.9. The Balaban J connectivity index is 1.79. The van der Waals surface area contributed by atoms with Crippen LogP contribution in [0.25, 0.3) is 0 Å². The van der Waals surface area contributed by atoms with Gasteiger partial charge in [-0.2, -0.15) is 0 Å². The molecule has 1 aromatic carbocycles. The minimum absolute atomic E-state index is 0.0165. The quantitative estimate of drug-likeness (QED) is 0.871. The third-order valence-corrected chi connectivity index (χ3v) is 4.25. The predicted molar refractivity (Wildman–Crippen MR) is 82.2 cm³/mol. The van der Waals surface area contributed by atoms with Crippen molar-refractivity contribution in [3.63, 3.8) is 0 Å². The van der Waals surface area contributed by atoms with Crippen LogP contribution in [0.5, 0.6) is 11.5 Å². The van der Waals surface area contributed by atoms with Gasteiger partial charge in [0, 0.05) is 17.0 Å². The van der Waals surface area contributed by atoms with E-state index in [4.69, 9.17) is 9.47 Å². The van der Waals surface area contributed by atoms with Crippen LogP contribution >= 0.6 is 11.3 Å². The number of carbonyl (C=O) groups is 1. The molecule has 0 saturated carbocycles. The smallest absolute Gasteiger partial charge is 0.254 e. The van der Waals surface area contributed by atoms with Crippen LogP contribution in [0.1, 0.15) is 22.2 Å². The first-order valence-electron chi connectivity index (χ1n) is 6.99. The number of nitrogens with zero attached hydrogens (tertiary/aromatic N) is 1. The standard InChI is InChI=1S/C16H17NO3S/c1-2-17(11-13-4-3-9-21-13)16(18)12-5-6-14-15(10-12)20-8-7-19-14/h3-6,9-10H,2,7-8,11H2,1H3. The second kappa shape index (κ2) is 6.18. The Morgan fingerprint density at radius 3 is 2.76 bits per heavy atom. The van der Waals surface area contributed by atoms with Gasteiger partial charge >= 0.3 is 0 Å². The van der Waals surface area contributed by atoms with Crippen molar-refractivity contribution in [3.05, 3.63) is 46.2 Å². The summed E-state index contributed by atoms with van der Waals surface area (Å²) in [6, 6.07) is 9.42. The van der Waals surface area contributed by atoms with Crippen molar-refractivity contribution in [2.75, 3.05) is 19.8 Å². The van der Waals surface area contributed by atoms with E-state index < -0.39 is 0 Å². The van der Waals surface area contributed by atoms with Crippen LogP contribution < -0.4 is 9.47 Å². The third kappa shape index (κ3) is 3.03. The second-order valence-corrected chi connectivity index (χ2v) is 5.79. The van der Waals surface area contributed by atoms with E-state index >= 15 is 0 Å². The molecule has 3 rings (SSSR count). The van der Waals surface area contributed by atoms with Gasteiger partial charge in [0.25, 0.3) is 5.91 Å². The molecule has 0 aliphatic carbocycles. The molecule has 1 amide bonds. The van der Waals surface area contributed by atoms with E-state index in [0.29, 0.717) is 43.4 Å². The summed E-state index contributed by atoms with van der Waals surface area (Å²) in [5, 5.41) is 2.03. The van der Waals surface area contributed by atoms with Crippen LogP contribution in [0.15, 0.2) is 35.7 Å². The Bertz CT molecular complexity index is 624. The zero-order chi connectivity index (χ0) is 14.7. The number of rotatable bonds is 4. The van der Waals surface area contributed by atoms with Crippen LogP contribution in [-0.4, -0.2) is 30.6 Å². The lowest BCUT2D eigenvalue weighted by Crippen LogP contribution is -2.30. The molecular formula is C16H17NO3S. The largest absolute Gasteiger partial charge is 0.486 e. The summed E-state index contributed by atoms with van der Waals surface area (Å²) in [7, 11) is 0. The summed E-state index contributed by atoms with van der Waals surface area (Å²) in [6.45, 7) is 4.38. The fraction of sp³-hybridized carbons (Fsp3) is 0.312. The summed E-state index contributed by atoms with van der Waals surface area (Å²) < 4.78 is 11.0. The highest BCUT2D eigenvalue weighted by Gasteiger charge is 2.19. The van der Waals surface area contributed by atoms with E-state index in [1.54, 1.807) is 29.5 Å². The molecule has 0 unspecified atom stereocenters. The number of ether oxygens (including phenoxy) is 2. The van der Waals surface area contributed by atoms with E-state index in [0.717, 1.165) is 0 Å². The average Bonchev–Trinajstić information content (AvgIpc) is 3.04. The Morgan fingerprint density at radius 2 is 2.05 bits per heavy atom. The topological polar surface area (TPSA) is 38.8 Å². The number of hydrogen-bond acceptors (Lipinski definition) is 4. The van der Waals surface area contributed by atoms with E-state index in [1.807, 2.05) is 29.3 Å². The maximum atomic E-state index is 12.6. The lowest BCUT2D eigenvalue weighted by molar-refractivity contribution is 0.0753. The molecule has 0 radical (unpaired) electrons. The highest BCUT2D eigenvalue weighted by molar-refractivity contribution is 7.09. The zero-order valence-corrected chi connectivity index (χ0v) is 12.7. The van der Waals surface area contributed by atoms with E-state index in [2.05, 4.69) is 0 Å². The van der Waals surface area contributed by atoms with Crippen LogP contribution in [-0.2, 0) is 6.54 Å². The Morgan fingerprint density at radius 1 is 1.24 bits per heavy atom. The molecule has 5 heteroatoms. The van der Waals surface area contributed by atoms with Crippen molar-refractivity contribution in [1.29, 1.82) is 0 Å². The first-order valence-corrected chi connectivity index (χ1v) is 7.87. The highest BCUT2D eigenvalue weighted by atomic mass is 32.1. The minimum atomic E-state index is 0.0165. The molecule has 0 bridgehead atoms. The number of thiophene rings is 1. The monoisotopic (exact) mass is 303 g/mol. The molecule has 0 fully saturated rings. The number of carbonyl (C=O) groups excluding carboxylic acids is 1. The van der Waals surface area contributed by atoms with Crippen molar-refractivity contribution in [2.24, 2.45) is 0 Å². The Kier molecular flexibility index (Phi) is 4.10. The molecule has 0 atom stereocenters. The lowest BCUT2D eigenvalue weighted by atomic mass is 10.1. The summed E-state index contributed by atoms with van der Waals surface area (Å²) in [5.74, 6) is 1.38. The van der Waals surface area contributed by atoms with Crippen molar-refractivity contribution in [3.8, 4) is 11.5 Å². The van der Waals surface area contributed by atoms with Gasteiger partial charge < -0.3 is 14.4 Å². The molecular weight excluding hydrogens is 286 g/mol. The molecule has 21 heavy (non-hydrogen) atoms. The normalized spacial score (nSPS) is 13.0. The summed E-state index contributed by atoms with van der Waals surface area (Å²) >= 11 is 1.66. The van der Waals surface area contributed by atoms with Gasteiger partial charge in [-0.25, -0.2) is 0 Å². The molecule has 110 valence electrons. The number of hydrogen-bond donors (Lipinski definition) is 0. The molecule has 1 aliphatic rings. The van der Waals surface area contributed by atoms with Gasteiger partial charge in [-0.1, -0.05) is 6.07 Å². The van der Waals surface area contributed by atoms with Gasteiger partial charge in [0.1, 0.15) is 13.2 Å². The Hall–Kier alpha value is -2.01. The fourth-order valence-corrected chi connectivity index (χ4v) is 3.00. The first-order chi connectivity index (χ1) is 10.3. The molecule has 2 aromatic rings. The van der Waals surface area contributed by atoms with Crippen molar-refractivity contribution in [2.45, 2.75) is 13.5 Å². The molecule has 1 aliphatic heterocycles. The van der Waals surface area contributed by atoms with E-state index in [1.165, 1.54) is 4.88 Å². The number of fused-ring (bicyclic) bond motifs is 1. The second-order valence-electron chi connectivity index (χ2n) is 4.76. The van der Waals surface area contributed by atoms with Crippen molar-refractivity contribution < 1.29 is 14.3 Å². The maximum Gasteiger partial charge on any atom is 0.254 e. The van der Waals surface area contributed by atoms with Gasteiger partial charge in [0.05, 0.1) is 6.54 Å². The summed E-state index contributed by atoms with van der Waals surface area (Å²) in [4.78, 5) is 15.6. The summed E-state index contributed by atoms with van der Waals surface area (Å²) in [6.07, 6.45) is 0. The van der Waals surface area contributed by atoms with Gasteiger partial charge in [-0.3, -0.25) is 4.79 Å². The highest BCUT2D eigenvalue weighted by Crippen LogP contribution is 2.31. The first kappa shape index (κ1) is 13.9. The van der Waals surface area contributed by atoms with Crippen LogP contribution in [0.2, 0.25) is 0 Å². The van der Waals surface area contributed by atoms with Gasteiger partial charge in [-0.05, 0) is 36.6 Å². The molecule has 0 spiro atoms. The molecule has 1 aromatic heterocycles. The van der Waals surface area contributed by atoms with Crippen molar-refractivity contribution in [1.82, 2.24) is 4.90 Å².